The highest BCUT2D eigenvalue weighted by Gasteiger charge is 2.43. The molecule has 0 saturated carbocycles. The fourth-order valence-electron chi connectivity index (χ4n) is 4.13. The molecule has 1 atom stereocenters. The number of fused-ring (bicyclic) bond motifs is 1. The molecule has 170 valence electrons. The van der Waals surface area contributed by atoms with Crippen LogP contribution in [-0.4, -0.2) is 31.1 Å². The number of allylic oxidation sites excluding steroid dienone is 1. The molecule has 0 aliphatic carbocycles. The normalized spacial score (nSPS) is 15.8. The number of H-pyrrole nitrogens is 1. The lowest BCUT2D eigenvalue weighted by Crippen LogP contribution is -2.40. The number of pyridine rings is 1. The second-order valence-electron chi connectivity index (χ2n) is 7.41. The molecule has 2 heterocycles. The van der Waals surface area contributed by atoms with Gasteiger partial charge in [0.15, 0.2) is 0 Å². The second-order valence-corrected chi connectivity index (χ2v) is 7.41. The Labute approximate surface area is 194 Å². The summed E-state index contributed by atoms with van der Waals surface area (Å²) in [6.45, 7) is 0. The maximum absolute atomic E-state index is 13.1. The van der Waals surface area contributed by atoms with Gasteiger partial charge in [0.05, 0.1) is 43.0 Å². The molecule has 0 spiro atoms. The van der Waals surface area contributed by atoms with Gasteiger partial charge in [0, 0.05) is 23.0 Å². The minimum Gasteiger partial charge on any atom is -0.466 e. The van der Waals surface area contributed by atoms with Crippen LogP contribution in [0.25, 0.3) is 10.8 Å². The van der Waals surface area contributed by atoms with Gasteiger partial charge in [-0.05, 0) is 11.6 Å². The SMILES string of the molecule is COC(=O)C1=C(C(=O)OC)N(c2cccc3c[nH]c(=O)cc23)C(N)=C(C#N)C1c1ccccc1. The molecule has 0 radical (unpaired) electrons. The Hall–Kier alpha value is -4.84. The van der Waals surface area contributed by atoms with Crippen LogP contribution in [0, 0.1) is 11.3 Å². The minimum atomic E-state index is -0.970. The number of benzene rings is 2. The number of hydrogen-bond acceptors (Lipinski definition) is 8. The van der Waals surface area contributed by atoms with E-state index in [4.69, 9.17) is 15.2 Å². The van der Waals surface area contributed by atoms with Crippen LogP contribution < -0.4 is 16.2 Å². The first-order valence-electron chi connectivity index (χ1n) is 10.2. The molecule has 1 aliphatic heterocycles. The van der Waals surface area contributed by atoms with Gasteiger partial charge >= 0.3 is 11.9 Å². The maximum atomic E-state index is 13.1. The molecule has 0 bridgehead atoms. The summed E-state index contributed by atoms with van der Waals surface area (Å²) in [6, 6.07) is 17.3. The van der Waals surface area contributed by atoms with E-state index in [1.165, 1.54) is 31.4 Å². The number of hydrogen-bond donors (Lipinski definition) is 2. The lowest BCUT2D eigenvalue weighted by molar-refractivity contribution is -0.139. The molecule has 1 aliphatic rings. The third-order valence-corrected chi connectivity index (χ3v) is 5.61. The van der Waals surface area contributed by atoms with E-state index in [1.807, 2.05) is 0 Å². The number of aromatic nitrogens is 1. The van der Waals surface area contributed by atoms with E-state index in [0.717, 1.165) is 0 Å². The molecule has 0 amide bonds. The zero-order chi connectivity index (χ0) is 24.4. The van der Waals surface area contributed by atoms with Crippen LogP contribution in [0.3, 0.4) is 0 Å². The van der Waals surface area contributed by atoms with Crippen molar-refractivity contribution in [3.8, 4) is 6.07 Å². The number of nitriles is 1. The molecule has 0 saturated heterocycles. The summed E-state index contributed by atoms with van der Waals surface area (Å²) in [7, 11) is 2.36. The van der Waals surface area contributed by atoms with Crippen LogP contribution in [-0.2, 0) is 19.1 Å². The predicted molar refractivity (Wildman–Crippen MR) is 124 cm³/mol. The molecule has 4 rings (SSSR count). The molecule has 3 N–H and O–H groups in total. The second kappa shape index (κ2) is 8.96. The topological polar surface area (TPSA) is 139 Å². The van der Waals surface area contributed by atoms with E-state index in [2.05, 4.69) is 11.1 Å². The summed E-state index contributed by atoms with van der Waals surface area (Å²) in [6.07, 6.45) is 1.52. The van der Waals surface area contributed by atoms with Crippen LogP contribution in [0.1, 0.15) is 11.5 Å². The number of methoxy groups -OCH3 is 2. The maximum Gasteiger partial charge on any atom is 0.355 e. The van der Waals surface area contributed by atoms with Crippen molar-refractivity contribution in [2.75, 3.05) is 19.1 Å². The Morgan fingerprint density at radius 1 is 1.06 bits per heavy atom. The number of nitrogens with one attached hydrogen (secondary N) is 1. The van der Waals surface area contributed by atoms with Crippen LogP contribution in [0.5, 0.6) is 0 Å². The average molecular weight is 456 g/mol. The highest BCUT2D eigenvalue weighted by Crippen LogP contribution is 2.44. The Bertz CT molecular complexity index is 1460. The molecule has 1 unspecified atom stereocenters. The highest BCUT2D eigenvalue weighted by atomic mass is 16.5. The number of nitrogens with zero attached hydrogens (tertiary/aromatic N) is 2. The van der Waals surface area contributed by atoms with Crippen molar-refractivity contribution in [2.24, 2.45) is 5.73 Å². The van der Waals surface area contributed by atoms with Crippen molar-refractivity contribution in [3.05, 3.63) is 99.4 Å². The van der Waals surface area contributed by atoms with Gasteiger partial charge in [-0.15, -0.1) is 0 Å². The number of nitrogens with two attached hydrogens (primary N) is 1. The third-order valence-electron chi connectivity index (χ3n) is 5.61. The molecular formula is C25H20N4O5. The van der Waals surface area contributed by atoms with Gasteiger partial charge in [0.2, 0.25) is 5.56 Å². The zero-order valence-electron chi connectivity index (χ0n) is 18.4. The van der Waals surface area contributed by atoms with E-state index in [-0.39, 0.29) is 28.2 Å². The summed E-state index contributed by atoms with van der Waals surface area (Å²) in [4.78, 5) is 42.2. The number of esters is 2. The Morgan fingerprint density at radius 3 is 2.41 bits per heavy atom. The van der Waals surface area contributed by atoms with Crippen LogP contribution in [0.4, 0.5) is 5.69 Å². The number of ether oxygens (including phenoxy) is 2. The van der Waals surface area contributed by atoms with Gasteiger partial charge < -0.3 is 20.2 Å². The van der Waals surface area contributed by atoms with Gasteiger partial charge in [-0.2, -0.15) is 5.26 Å². The Balaban J connectivity index is 2.14. The Morgan fingerprint density at radius 2 is 1.76 bits per heavy atom. The summed E-state index contributed by atoms with van der Waals surface area (Å²) < 4.78 is 10.1. The summed E-state index contributed by atoms with van der Waals surface area (Å²) >= 11 is 0. The predicted octanol–water partition coefficient (Wildman–Crippen LogP) is 2.43. The number of rotatable bonds is 4. The number of carbonyl (C=O) groups is 2. The summed E-state index contributed by atoms with van der Waals surface area (Å²) in [5.74, 6) is -2.72. The minimum absolute atomic E-state index is 0.0427. The highest BCUT2D eigenvalue weighted by molar-refractivity contribution is 6.08. The van der Waals surface area contributed by atoms with Crippen molar-refractivity contribution in [1.82, 2.24) is 4.98 Å². The van der Waals surface area contributed by atoms with Crippen molar-refractivity contribution >= 4 is 28.4 Å². The molecular weight excluding hydrogens is 436 g/mol. The van der Waals surface area contributed by atoms with Gasteiger partial charge in [-0.3, -0.25) is 9.69 Å². The fourth-order valence-corrected chi connectivity index (χ4v) is 4.13. The Kier molecular flexibility index (Phi) is 5.89. The first-order valence-corrected chi connectivity index (χ1v) is 10.2. The average Bonchev–Trinajstić information content (AvgIpc) is 2.87. The first kappa shape index (κ1) is 22.4. The van der Waals surface area contributed by atoms with E-state index in [0.29, 0.717) is 22.0 Å². The van der Waals surface area contributed by atoms with Crippen LogP contribution in [0.2, 0.25) is 0 Å². The number of aromatic amines is 1. The van der Waals surface area contributed by atoms with Crippen molar-refractivity contribution in [2.45, 2.75) is 5.92 Å². The summed E-state index contributed by atoms with van der Waals surface area (Å²) in [5, 5.41) is 11.2. The lowest BCUT2D eigenvalue weighted by atomic mass is 9.81. The number of anilines is 1. The lowest BCUT2D eigenvalue weighted by Gasteiger charge is -2.36. The molecule has 1 aromatic heterocycles. The molecule has 2 aromatic carbocycles. The standard InChI is InChI=1S/C25H20N4O5/c1-33-24(31)21-20(14-7-4-3-5-8-14)17(12-26)23(27)29(22(21)25(32)34-2)18-10-6-9-15-13-28-19(30)11-16(15)18/h3-11,13,20H,27H2,1-2H3,(H,28,30). The first-order chi connectivity index (χ1) is 16.4. The van der Waals surface area contributed by atoms with Crippen LogP contribution in [0.15, 0.2) is 88.3 Å². The van der Waals surface area contributed by atoms with Crippen molar-refractivity contribution in [3.63, 3.8) is 0 Å². The van der Waals surface area contributed by atoms with E-state index in [1.54, 1.807) is 48.5 Å². The van der Waals surface area contributed by atoms with Crippen molar-refractivity contribution < 1.29 is 19.1 Å². The van der Waals surface area contributed by atoms with E-state index >= 15 is 0 Å². The van der Waals surface area contributed by atoms with Gasteiger partial charge in [-0.25, -0.2) is 9.59 Å². The number of carbonyl (C=O) groups excluding carboxylic acids is 2. The van der Waals surface area contributed by atoms with E-state index in [9.17, 15) is 19.6 Å². The molecule has 0 fully saturated rings. The largest absolute Gasteiger partial charge is 0.466 e. The molecule has 9 heteroatoms. The summed E-state index contributed by atoms with van der Waals surface area (Å²) in [5.41, 5.74) is 6.76. The van der Waals surface area contributed by atoms with Gasteiger partial charge in [-0.1, -0.05) is 42.5 Å². The molecule has 3 aromatic rings. The van der Waals surface area contributed by atoms with Crippen molar-refractivity contribution in [1.29, 1.82) is 5.26 Å². The third kappa shape index (κ3) is 3.57. The van der Waals surface area contributed by atoms with Crippen LogP contribution >= 0.6 is 0 Å². The molecule has 9 nitrogen and oxygen atoms in total. The molecule has 34 heavy (non-hydrogen) atoms. The van der Waals surface area contributed by atoms with Gasteiger partial charge in [0.25, 0.3) is 0 Å². The quantitative estimate of drug-likeness (QED) is 0.571. The fraction of sp³-hybridized carbons (Fsp3) is 0.120. The van der Waals surface area contributed by atoms with E-state index < -0.39 is 17.9 Å². The monoisotopic (exact) mass is 456 g/mol. The smallest absolute Gasteiger partial charge is 0.355 e. The van der Waals surface area contributed by atoms with Gasteiger partial charge in [0.1, 0.15) is 11.5 Å². The zero-order valence-corrected chi connectivity index (χ0v) is 18.4.